The number of aryl methyl sites for hydroxylation is 1. The molecule has 27 heavy (non-hydrogen) atoms. The lowest BCUT2D eigenvalue weighted by molar-refractivity contribution is -0.0438. The van der Waals surface area contributed by atoms with E-state index in [1.165, 1.54) is 11.1 Å². The van der Waals surface area contributed by atoms with E-state index in [1.807, 2.05) is 24.4 Å². The summed E-state index contributed by atoms with van der Waals surface area (Å²) < 4.78 is 6.37. The van der Waals surface area contributed by atoms with Gasteiger partial charge in [0.2, 0.25) is 0 Å². The molecule has 0 radical (unpaired) electrons. The van der Waals surface area contributed by atoms with E-state index in [9.17, 15) is 0 Å². The van der Waals surface area contributed by atoms with Gasteiger partial charge in [0.1, 0.15) is 11.9 Å². The Labute approximate surface area is 159 Å². The fourth-order valence-corrected chi connectivity index (χ4v) is 4.14. The summed E-state index contributed by atoms with van der Waals surface area (Å²) in [6, 6.07) is 14.9. The van der Waals surface area contributed by atoms with Crippen LogP contribution in [-0.4, -0.2) is 22.0 Å². The first kappa shape index (κ1) is 17.7. The molecule has 0 unspecified atom stereocenters. The predicted molar refractivity (Wildman–Crippen MR) is 109 cm³/mol. The van der Waals surface area contributed by atoms with Crippen LogP contribution in [0.1, 0.15) is 49.8 Å². The molecule has 1 fully saturated rings. The Morgan fingerprint density at radius 1 is 1.19 bits per heavy atom. The lowest BCUT2D eigenvalue weighted by Gasteiger charge is -2.51. The zero-order chi connectivity index (χ0) is 19.2. The first-order chi connectivity index (χ1) is 12.9. The van der Waals surface area contributed by atoms with Crippen LogP contribution in [0, 0.1) is 12.3 Å². The van der Waals surface area contributed by atoms with Crippen molar-refractivity contribution in [2.45, 2.75) is 46.1 Å². The number of rotatable bonds is 4. The molecule has 0 spiro atoms. The molecule has 0 amide bonds. The first-order valence-electron chi connectivity index (χ1n) is 9.43. The molecule has 1 saturated carbocycles. The van der Waals surface area contributed by atoms with E-state index in [2.05, 4.69) is 55.2 Å². The third kappa shape index (κ3) is 2.99. The maximum Gasteiger partial charge on any atom is 0.120 e. The molecule has 2 N–H and O–H groups in total. The lowest BCUT2D eigenvalue weighted by atomic mass is 9.57. The van der Waals surface area contributed by atoms with Gasteiger partial charge >= 0.3 is 0 Å². The molecular weight excluding hydrogens is 336 g/mol. The molecular formula is C23H26N2O2. The van der Waals surface area contributed by atoms with Crippen LogP contribution in [0.15, 0.2) is 53.8 Å². The Kier molecular flexibility index (Phi) is 4.22. The topological polar surface area (TPSA) is 57.6 Å². The van der Waals surface area contributed by atoms with Crippen LogP contribution in [-0.2, 0) is 0 Å². The number of hydrogen-bond acceptors (Lipinski definition) is 3. The van der Waals surface area contributed by atoms with E-state index < -0.39 is 0 Å². The van der Waals surface area contributed by atoms with Gasteiger partial charge in [-0.2, -0.15) is 0 Å². The molecule has 1 aromatic heterocycles. The molecule has 2 atom stereocenters. The normalized spacial score (nSPS) is 21.9. The SMILES string of the molecule is C/C(=N/O)c1c[nH]c2ccc(O[C@@H]3C[C@H](c4ccc(C)cc4)C3(C)C)cc12. The molecule has 0 bridgehead atoms. The molecule has 1 aliphatic rings. The van der Waals surface area contributed by atoms with Gasteiger partial charge in [-0.25, -0.2) is 0 Å². The van der Waals surface area contributed by atoms with Crippen molar-refractivity contribution in [2.75, 3.05) is 0 Å². The second-order valence-corrected chi connectivity index (χ2v) is 8.22. The smallest absolute Gasteiger partial charge is 0.120 e. The van der Waals surface area contributed by atoms with Crippen molar-refractivity contribution in [1.82, 2.24) is 4.98 Å². The second kappa shape index (κ2) is 6.45. The van der Waals surface area contributed by atoms with Gasteiger partial charge in [0, 0.05) is 28.1 Å². The van der Waals surface area contributed by atoms with Gasteiger partial charge in [0.25, 0.3) is 0 Å². The Morgan fingerprint density at radius 2 is 1.93 bits per heavy atom. The van der Waals surface area contributed by atoms with Gasteiger partial charge in [0.15, 0.2) is 0 Å². The van der Waals surface area contributed by atoms with Crippen LogP contribution in [0.5, 0.6) is 5.75 Å². The van der Waals surface area contributed by atoms with Crippen LogP contribution in [0.2, 0.25) is 0 Å². The number of fused-ring (bicyclic) bond motifs is 1. The summed E-state index contributed by atoms with van der Waals surface area (Å²) >= 11 is 0. The number of oxime groups is 1. The van der Waals surface area contributed by atoms with E-state index in [4.69, 9.17) is 9.94 Å². The van der Waals surface area contributed by atoms with Crippen molar-refractivity contribution >= 4 is 16.6 Å². The Hall–Kier alpha value is -2.75. The molecule has 1 aliphatic carbocycles. The molecule has 4 nitrogen and oxygen atoms in total. The fraction of sp³-hybridized carbons (Fsp3) is 0.348. The number of aromatic nitrogens is 1. The van der Waals surface area contributed by atoms with Gasteiger partial charge in [-0.3, -0.25) is 0 Å². The third-order valence-corrected chi connectivity index (χ3v) is 6.13. The number of nitrogens with one attached hydrogen (secondary N) is 1. The van der Waals surface area contributed by atoms with E-state index in [0.717, 1.165) is 28.6 Å². The van der Waals surface area contributed by atoms with E-state index in [0.29, 0.717) is 11.6 Å². The highest BCUT2D eigenvalue weighted by Gasteiger charge is 2.50. The van der Waals surface area contributed by atoms with Crippen LogP contribution >= 0.6 is 0 Å². The number of aromatic amines is 1. The van der Waals surface area contributed by atoms with Crippen LogP contribution in [0.3, 0.4) is 0 Å². The Bertz CT molecular complexity index is 999. The minimum Gasteiger partial charge on any atom is -0.490 e. The maximum atomic E-state index is 9.09. The lowest BCUT2D eigenvalue weighted by Crippen LogP contribution is -2.50. The second-order valence-electron chi connectivity index (χ2n) is 8.22. The minimum atomic E-state index is 0.0770. The van der Waals surface area contributed by atoms with E-state index in [-0.39, 0.29) is 11.5 Å². The van der Waals surface area contributed by atoms with E-state index in [1.54, 1.807) is 6.92 Å². The monoisotopic (exact) mass is 362 g/mol. The highest BCUT2D eigenvalue weighted by molar-refractivity contribution is 6.09. The Morgan fingerprint density at radius 3 is 2.59 bits per heavy atom. The average Bonchev–Trinajstić information content (AvgIpc) is 3.08. The summed E-state index contributed by atoms with van der Waals surface area (Å²) in [7, 11) is 0. The molecule has 0 saturated heterocycles. The number of H-pyrrole nitrogens is 1. The van der Waals surface area contributed by atoms with Gasteiger partial charge in [0.05, 0.1) is 5.71 Å². The van der Waals surface area contributed by atoms with E-state index >= 15 is 0 Å². The zero-order valence-electron chi connectivity index (χ0n) is 16.3. The van der Waals surface area contributed by atoms with Gasteiger partial charge in [-0.05, 0) is 49.9 Å². The number of benzene rings is 2. The van der Waals surface area contributed by atoms with Crippen LogP contribution < -0.4 is 4.74 Å². The summed E-state index contributed by atoms with van der Waals surface area (Å²) in [5, 5.41) is 13.4. The molecule has 0 aliphatic heterocycles. The predicted octanol–water partition coefficient (Wildman–Crippen LogP) is 5.64. The largest absolute Gasteiger partial charge is 0.490 e. The number of ether oxygens (including phenoxy) is 1. The minimum absolute atomic E-state index is 0.0770. The molecule has 140 valence electrons. The highest BCUT2D eigenvalue weighted by Crippen LogP contribution is 2.54. The number of nitrogens with zero attached hydrogens (tertiary/aromatic N) is 1. The van der Waals surface area contributed by atoms with Crippen molar-refractivity contribution in [3.05, 3.63) is 65.4 Å². The van der Waals surface area contributed by atoms with Gasteiger partial charge in [-0.15, -0.1) is 0 Å². The molecule has 1 heterocycles. The van der Waals surface area contributed by atoms with Crippen molar-refractivity contribution in [3.8, 4) is 5.75 Å². The zero-order valence-corrected chi connectivity index (χ0v) is 16.3. The fourth-order valence-electron chi connectivity index (χ4n) is 4.14. The average molecular weight is 362 g/mol. The van der Waals surface area contributed by atoms with Crippen molar-refractivity contribution in [1.29, 1.82) is 0 Å². The van der Waals surface area contributed by atoms with Crippen molar-refractivity contribution in [2.24, 2.45) is 10.6 Å². The Balaban J connectivity index is 1.55. The van der Waals surface area contributed by atoms with Gasteiger partial charge < -0.3 is 14.9 Å². The molecule has 2 aromatic carbocycles. The quantitative estimate of drug-likeness (QED) is 0.359. The standard InChI is InChI=1S/C23H26N2O2/c1-14-5-7-16(8-6-14)20-12-22(23(20,3)4)27-17-9-10-21-18(11-17)19(13-24-21)15(2)25-26/h5-11,13,20,22,24,26H,12H2,1-4H3/b25-15-/t20-,22-/m1/s1. The summed E-state index contributed by atoms with van der Waals surface area (Å²) in [5.74, 6) is 1.37. The first-order valence-corrected chi connectivity index (χ1v) is 9.43. The van der Waals surface area contributed by atoms with Gasteiger partial charge in [-0.1, -0.05) is 48.8 Å². The summed E-state index contributed by atoms with van der Waals surface area (Å²) in [5.41, 5.74) is 5.24. The van der Waals surface area contributed by atoms with Crippen molar-refractivity contribution in [3.63, 3.8) is 0 Å². The molecule has 3 aromatic rings. The third-order valence-electron chi connectivity index (χ3n) is 6.13. The van der Waals surface area contributed by atoms with Crippen LogP contribution in [0.4, 0.5) is 0 Å². The summed E-state index contributed by atoms with van der Waals surface area (Å²) in [6.07, 6.45) is 3.06. The highest BCUT2D eigenvalue weighted by atomic mass is 16.5. The summed E-state index contributed by atoms with van der Waals surface area (Å²) in [4.78, 5) is 3.21. The molecule has 4 rings (SSSR count). The maximum absolute atomic E-state index is 9.09. The van der Waals surface area contributed by atoms with Crippen molar-refractivity contribution < 1.29 is 9.94 Å². The number of hydrogen-bond donors (Lipinski definition) is 2. The van der Waals surface area contributed by atoms with Crippen LogP contribution in [0.25, 0.3) is 10.9 Å². The summed E-state index contributed by atoms with van der Waals surface area (Å²) in [6.45, 7) is 8.48. The molecule has 4 heteroatoms.